The van der Waals surface area contributed by atoms with Gasteiger partial charge in [-0.1, -0.05) is 6.07 Å². The normalized spacial score (nSPS) is 12.3. The molecule has 5 rings (SSSR count). The monoisotopic (exact) mass is 472 g/mol. The molecule has 0 aliphatic carbocycles. The zero-order valence-corrected chi connectivity index (χ0v) is 18.6. The average molecular weight is 472 g/mol. The van der Waals surface area contributed by atoms with E-state index in [0.717, 1.165) is 11.1 Å². The highest BCUT2D eigenvalue weighted by molar-refractivity contribution is 5.88. The molecule has 0 amide bonds. The Morgan fingerprint density at radius 2 is 1.83 bits per heavy atom. The molecule has 1 aromatic heterocycles. The van der Waals surface area contributed by atoms with Gasteiger partial charge in [0, 0.05) is 23.9 Å². The lowest BCUT2D eigenvalue weighted by molar-refractivity contribution is -0.384. The lowest BCUT2D eigenvalue weighted by atomic mass is 10.1. The molecule has 10 heteroatoms. The van der Waals surface area contributed by atoms with Crippen LogP contribution in [0.2, 0.25) is 0 Å². The summed E-state index contributed by atoms with van der Waals surface area (Å²) in [5, 5.41) is 14.1. The Bertz CT molecular complexity index is 1470. The third-order valence-electron chi connectivity index (χ3n) is 5.56. The van der Waals surface area contributed by atoms with Gasteiger partial charge >= 0.3 is 0 Å². The van der Waals surface area contributed by atoms with Crippen LogP contribution in [0.15, 0.2) is 76.5 Å². The molecule has 1 N–H and O–H groups in total. The number of nitrogens with one attached hydrogen (secondary N) is 1. The van der Waals surface area contributed by atoms with Gasteiger partial charge in [0.2, 0.25) is 6.79 Å². The van der Waals surface area contributed by atoms with Crippen molar-refractivity contribution in [3.63, 3.8) is 0 Å². The molecule has 2 heterocycles. The van der Waals surface area contributed by atoms with Crippen LogP contribution in [-0.2, 0) is 6.54 Å². The summed E-state index contributed by atoms with van der Waals surface area (Å²) in [5.41, 5.74) is 2.65. The van der Waals surface area contributed by atoms with Gasteiger partial charge < -0.3 is 14.2 Å². The Hall–Kier alpha value is -4.86. The molecule has 4 aromatic rings. The summed E-state index contributed by atoms with van der Waals surface area (Å²) < 4.78 is 17.3. The molecular formula is C25H20N4O6. The summed E-state index contributed by atoms with van der Waals surface area (Å²) in [5.74, 6) is 2.04. The number of H-pyrrole nitrogens is 1. The average Bonchev–Trinajstić information content (AvgIpc) is 3.48. The van der Waals surface area contributed by atoms with E-state index < -0.39 is 4.92 Å². The summed E-state index contributed by atoms with van der Waals surface area (Å²) in [4.78, 5) is 28.3. The molecule has 0 spiro atoms. The molecule has 1 aliphatic rings. The van der Waals surface area contributed by atoms with E-state index in [1.807, 2.05) is 30.3 Å². The minimum Gasteiger partial charge on any atom is -0.497 e. The van der Waals surface area contributed by atoms with Crippen molar-refractivity contribution in [1.29, 1.82) is 0 Å². The standard InChI is InChI=1S/C25H20N4O6/c1-33-20-9-3-17(4-10-20)24-21(14-26-13-16-2-11-22-23(12-16)35-15-34-22)25(30)28(27-24)18-5-7-19(8-6-18)29(31)32/h2-12,14,27H,13,15H2,1H3. The zero-order valence-electron chi connectivity index (χ0n) is 18.6. The summed E-state index contributed by atoms with van der Waals surface area (Å²) in [6.45, 7) is 0.527. The highest BCUT2D eigenvalue weighted by Gasteiger charge is 2.17. The number of aromatic amines is 1. The molecule has 10 nitrogen and oxygen atoms in total. The zero-order chi connectivity index (χ0) is 24.4. The molecular weight excluding hydrogens is 452 g/mol. The van der Waals surface area contributed by atoms with Crippen molar-refractivity contribution in [2.45, 2.75) is 6.54 Å². The summed E-state index contributed by atoms with van der Waals surface area (Å²) in [6, 6.07) is 18.6. The minimum absolute atomic E-state index is 0.0609. The Kier molecular flexibility index (Phi) is 5.76. The quantitative estimate of drug-likeness (QED) is 0.246. The number of aliphatic imine (C=N–C) groups is 1. The summed E-state index contributed by atoms with van der Waals surface area (Å²) in [7, 11) is 1.58. The highest BCUT2D eigenvalue weighted by Crippen LogP contribution is 2.32. The predicted octanol–water partition coefficient (Wildman–Crippen LogP) is 4.10. The molecule has 35 heavy (non-hydrogen) atoms. The predicted molar refractivity (Wildman–Crippen MR) is 129 cm³/mol. The molecule has 0 saturated carbocycles. The molecule has 0 atom stereocenters. The van der Waals surface area contributed by atoms with Crippen molar-refractivity contribution in [2.24, 2.45) is 4.99 Å². The van der Waals surface area contributed by atoms with E-state index in [0.29, 0.717) is 40.7 Å². The van der Waals surface area contributed by atoms with E-state index in [2.05, 4.69) is 10.1 Å². The number of ether oxygens (including phenoxy) is 3. The Morgan fingerprint density at radius 3 is 2.54 bits per heavy atom. The number of hydrogen-bond donors (Lipinski definition) is 1. The molecule has 0 unspecified atom stereocenters. The number of hydrogen-bond acceptors (Lipinski definition) is 7. The maximum absolute atomic E-state index is 13.3. The van der Waals surface area contributed by atoms with Crippen LogP contribution in [0.4, 0.5) is 5.69 Å². The number of non-ortho nitro benzene ring substituents is 1. The Morgan fingerprint density at radius 1 is 1.09 bits per heavy atom. The molecule has 0 fully saturated rings. The van der Waals surface area contributed by atoms with Crippen LogP contribution in [0.25, 0.3) is 16.9 Å². The number of benzene rings is 3. The maximum atomic E-state index is 13.3. The topological polar surface area (TPSA) is 121 Å². The van der Waals surface area contributed by atoms with Gasteiger partial charge in [-0.15, -0.1) is 0 Å². The fourth-order valence-corrected chi connectivity index (χ4v) is 3.73. The molecule has 0 radical (unpaired) electrons. The van der Waals surface area contributed by atoms with Crippen molar-refractivity contribution >= 4 is 11.9 Å². The number of rotatable bonds is 7. The number of nitro benzene ring substituents is 1. The van der Waals surface area contributed by atoms with Crippen LogP contribution in [0, 0.1) is 10.1 Å². The van der Waals surface area contributed by atoms with Crippen LogP contribution in [0.5, 0.6) is 17.2 Å². The lowest BCUT2D eigenvalue weighted by Crippen LogP contribution is -2.17. The van der Waals surface area contributed by atoms with E-state index >= 15 is 0 Å². The highest BCUT2D eigenvalue weighted by atomic mass is 16.7. The van der Waals surface area contributed by atoms with E-state index in [-0.39, 0.29) is 18.0 Å². The van der Waals surface area contributed by atoms with Crippen LogP contribution < -0.4 is 19.8 Å². The van der Waals surface area contributed by atoms with Gasteiger partial charge in [-0.2, -0.15) is 0 Å². The third-order valence-corrected chi connectivity index (χ3v) is 5.56. The van der Waals surface area contributed by atoms with E-state index in [9.17, 15) is 14.9 Å². The number of aromatic nitrogens is 2. The van der Waals surface area contributed by atoms with Crippen LogP contribution >= 0.6 is 0 Å². The van der Waals surface area contributed by atoms with Crippen molar-refractivity contribution in [2.75, 3.05) is 13.9 Å². The van der Waals surface area contributed by atoms with Gasteiger partial charge in [0.15, 0.2) is 11.5 Å². The first kappa shape index (κ1) is 22.0. The molecule has 1 aliphatic heterocycles. The molecule has 0 bridgehead atoms. The summed E-state index contributed by atoms with van der Waals surface area (Å²) in [6.07, 6.45) is 1.53. The van der Waals surface area contributed by atoms with Gasteiger partial charge in [-0.05, 0) is 54.1 Å². The first-order valence-electron chi connectivity index (χ1n) is 10.7. The van der Waals surface area contributed by atoms with Gasteiger partial charge in [0.05, 0.1) is 35.5 Å². The number of nitro groups is 1. The fraction of sp³-hybridized carbons (Fsp3) is 0.120. The van der Waals surface area contributed by atoms with Crippen LogP contribution in [-0.4, -0.2) is 34.8 Å². The lowest BCUT2D eigenvalue weighted by Gasteiger charge is -2.04. The van der Waals surface area contributed by atoms with E-state index in [4.69, 9.17) is 14.2 Å². The van der Waals surface area contributed by atoms with Gasteiger partial charge in [0.25, 0.3) is 11.2 Å². The summed E-state index contributed by atoms with van der Waals surface area (Å²) >= 11 is 0. The van der Waals surface area contributed by atoms with Crippen molar-refractivity contribution in [1.82, 2.24) is 9.78 Å². The van der Waals surface area contributed by atoms with E-state index in [1.54, 1.807) is 19.2 Å². The Balaban J connectivity index is 1.51. The largest absolute Gasteiger partial charge is 0.497 e. The molecule has 176 valence electrons. The second-order valence-electron chi connectivity index (χ2n) is 7.70. The minimum atomic E-state index is -0.488. The smallest absolute Gasteiger partial charge is 0.280 e. The molecule has 0 saturated heterocycles. The van der Waals surface area contributed by atoms with Gasteiger partial charge in [-0.3, -0.25) is 25.0 Å². The second kappa shape index (κ2) is 9.18. The van der Waals surface area contributed by atoms with Gasteiger partial charge in [0.1, 0.15) is 5.75 Å². The SMILES string of the molecule is COc1ccc(-c2[nH]n(-c3ccc([N+](=O)[O-])cc3)c(=O)c2C=NCc2ccc3c(c2)OCO3)cc1. The van der Waals surface area contributed by atoms with Crippen molar-refractivity contribution in [3.05, 3.63) is 98.3 Å². The number of fused-ring (bicyclic) bond motifs is 1. The first-order valence-corrected chi connectivity index (χ1v) is 10.7. The number of methoxy groups -OCH3 is 1. The molecule has 3 aromatic carbocycles. The Labute approximate surface area is 199 Å². The van der Waals surface area contributed by atoms with Gasteiger partial charge in [-0.25, -0.2) is 4.68 Å². The maximum Gasteiger partial charge on any atom is 0.280 e. The second-order valence-corrected chi connectivity index (χ2v) is 7.70. The van der Waals surface area contributed by atoms with Crippen LogP contribution in [0.1, 0.15) is 11.1 Å². The third kappa shape index (κ3) is 4.36. The number of nitrogens with zero attached hydrogens (tertiary/aromatic N) is 3. The van der Waals surface area contributed by atoms with Crippen LogP contribution in [0.3, 0.4) is 0 Å². The first-order chi connectivity index (χ1) is 17.0. The van der Waals surface area contributed by atoms with Crippen molar-refractivity contribution < 1.29 is 19.1 Å². The fourth-order valence-electron chi connectivity index (χ4n) is 3.73. The van der Waals surface area contributed by atoms with Crippen molar-refractivity contribution in [3.8, 4) is 34.2 Å². The van der Waals surface area contributed by atoms with E-state index in [1.165, 1.54) is 35.2 Å².